The van der Waals surface area contributed by atoms with E-state index in [9.17, 15) is 4.79 Å². The molecule has 1 aromatic heterocycles. The van der Waals surface area contributed by atoms with Crippen LogP contribution < -0.4 is 37.6 Å². The largest absolute Gasteiger partial charge is 0.399 e. The lowest BCUT2D eigenvalue weighted by Crippen LogP contribution is -2.26. The van der Waals surface area contributed by atoms with Crippen LogP contribution in [0.25, 0.3) is 44.8 Å². The highest BCUT2D eigenvalue weighted by atomic mass is 31.1. The van der Waals surface area contributed by atoms with Crippen LogP contribution in [0.4, 0.5) is 5.69 Å². The van der Waals surface area contributed by atoms with E-state index in [4.69, 9.17) is 5.73 Å². The van der Waals surface area contributed by atoms with Crippen LogP contribution >= 0.6 is 15.8 Å². The molecule has 0 amide bonds. The van der Waals surface area contributed by atoms with Crippen LogP contribution in [0.3, 0.4) is 0 Å². The van der Waals surface area contributed by atoms with Crippen molar-refractivity contribution in [3.8, 4) is 11.1 Å². The van der Waals surface area contributed by atoms with E-state index < -0.39 is 15.8 Å². The summed E-state index contributed by atoms with van der Waals surface area (Å²) in [6, 6.07) is 94.9. The minimum Gasteiger partial charge on any atom is -0.399 e. The van der Waals surface area contributed by atoms with Crippen molar-refractivity contribution in [2.75, 3.05) is 5.73 Å². The summed E-state index contributed by atoms with van der Waals surface area (Å²) in [4.78, 5) is 15.4. The van der Waals surface area contributed by atoms with Gasteiger partial charge in [0.25, 0.3) is 0 Å². The summed E-state index contributed by atoms with van der Waals surface area (Å²) >= 11 is 0. The predicted octanol–water partition coefficient (Wildman–Crippen LogP) is 13.8. The Morgan fingerprint density at radius 1 is 0.352 bits per heavy atom. The molecule has 0 aliphatic heterocycles. The number of rotatable bonds is 11. The predicted molar refractivity (Wildman–Crippen MR) is 309 cm³/mol. The first-order valence-electron chi connectivity index (χ1n) is 23.6. The van der Waals surface area contributed by atoms with E-state index in [-0.39, 0.29) is 5.78 Å². The molecule has 71 heavy (non-hydrogen) atoms. The minimum absolute atomic E-state index is 0.0114. The SMILES string of the molecule is Nc1ccncc1.O=C(/C=C\c1ccccc1)/C=C/c1ccccc1.c1ccc(P(c2ccccc2)c2ccc3ccccc3c2-c2c(P(c3ccccc3)c3ccccc3)ccc3ccccc23)cc1. The lowest BCUT2D eigenvalue weighted by molar-refractivity contribution is -0.110. The van der Waals surface area contributed by atoms with E-state index in [0.717, 1.165) is 16.8 Å². The van der Waals surface area contributed by atoms with Crippen LogP contribution in [-0.4, -0.2) is 10.8 Å². The van der Waals surface area contributed by atoms with Gasteiger partial charge in [-0.05, 0) is 116 Å². The van der Waals surface area contributed by atoms with Crippen LogP contribution in [0.2, 0.25) is 0 Å². The molecule has 11 rings (SSSR count). The Morgan fingerprint density at radius 2 is 0.662 bits per heavy atom. The molecule has 0 spiro atoms. The van der Waals surface area contributed by atoms with Gasteiger partial charge >= 0.3 is 0 Å². The Balaban J connectivity index is 0.000000204. The number of hydrogen-bond acceptors (Lipinski definition) is 3. The van der Waals surface area contributed by atoms with Gasteiger partial charge < -0.3 is 5.73 Å². The molecular weight excluding hydrogens is 899 g/mol. The Bertz CT molecular complexity index is 3190. The number of benzene rings is 10. The van der Waals surface area contributed by atoms with Crippen molar-refractivity contribution in [3.05, 3.63) is 303 Å². The zero-order chi connectivity index (χ0) is 48.5. The smallest absolute Gasteiger partial charge is 0.178 e. The van der Waals surface area contributed by atoms with Crippen LogP contribution in [0.1, 0.15) is 11.1 Å². The molecule has 10 aromatic carbocycles. The number of fused-ring (bicyclic) bond motifs is 2. The average molecular weight is 951 g/mol. The van der Waals surface area contributed by atoms with E-state index >= 15 is 0 Å². The van der Waals surface area contributed by atoms with Crippen molar-refractivity contribution in [2.24, 2.45) is 0 Å². The Kier molecular flexibility index (Phi) is 16.3. The third-order valence-electron chi connectivity index (χ3n) is 11.8. The summed E-state index contributed by atoms with van der Waals surface area (Å²) in [5.74, 6) is -0.0114. The zero-order valence-corrected chi connectivity index (χ0v) is 41.0. The van der Waals surface area contributed by atoms with E-state index in [0.29, 0.717) is 0 Å². The second-order valence-electron chi connectivity index (χ2n) is 16.5. The third kappa shape index (κ3) is 12.3. The Morgan fingerprint density at radius 3 is 0.986 bits per heavy atom. The average Bonchev–Trinajstić information content (AvgIpc) is 3.44. The Labute approximate surface area is 419 Å². The molecule has 0 saturated carbocycles. The molecule has 0 bridgehead atoms. The number of nitrogens with two attached hydrogens (primary N) is 1. The minimum atomic E-state index is -0.852. The zero-order valence-electron chi connectivity index (χ0n) is 39.2. The maximum atomic E-state index is 11.6. The summed E-state index contributed by atoms with van der Waals surface area (Å²) in [6.45, 7) is 0. The third-order valence-corrected chi connectivity index (χ3v) is 16.8. The van der Waals surface area contributed by atoms with Crippen molar-refractivity contribution in [3.63, 3.8) is 0 Å². The van der Waals surface area contributed by atoms with Gasteiger partial charge in [-0.1, -0.05) is 267 Å². The molecule has 11 aromatic rings. The second kappa shape index (κ2) is 24.3. The lowest BCUT2D eigenvalue weighted by Gasteiger charge is -2.28. The van der Waals surface area contributed by atoms with Crippen molar-refractivity contribution < 1.29 is 4.79 Å². The maximum absolute atomic E-state index is 11.6. The molecule has 1 heterocycles. The molecule has 0 aliphatic rings. The normalized spacial score (nSPS) is 11.1. The highest BCUT2D eigenvalue weighted by molar-refractivity contribution is 7.80. The summed E-state index contributed by atoms with van der Waals surface area (Å²) in [5, 5.41) is 13.3. The molecule has 0 unspecified atom stereocenters. The van der Waals surface area contributed by atoms with Gasteiger partial charge in [-0.25, -0.2) is 0 Å². The van der Waals surface area contributed by atoms with E-state index in [1.54, 1.807) is 36.7 Å². The molecule has 2 N–H and O–H groups in total. The molecule has 342 valence electrons. The van der Waals surface area contributed by atoms with Gasteiger partial charge in [-0.2, -0.15) is 0 Å². The fourth-order valence-electron chi connectivity index (χ4n) is 8.48. The number of pyridine rings is 1. The van der Waals surface area contributed by atoms with Gasteiger partial charge in [0.15, 0.2) is 5.78 Å². The number of hydrogen-bond donors (Lipinski definition) is 1. The monoisotopic (exact) mass is 950 g/mol. The molecule has 0 saturated heterocycles. The molecule has 5 heteroatoms. The first-order valence-corrected chi connectivity index (χ1v) is 26.3. The number of aromatic nitrogens is 1. The number of allylic oxidation sites excluding steroid dienone is 2. The standard InChI is InChI=1S/C44H32P2.C17H14O.C5H6N2/c1-5-19-35(20-6-1)45(36-21-7-2-8-22-36)41-31-29-33-17-13-15-27-39(33)43(41)44-40-28-16-14-18-34(40)30-32-42(44)46(37-23-9-3-10-24-37)38-25-11-4-12-26-38;18-17(13-11-15-7-3-1-4-8-15)14-12-16-9-5-2-6-10-16;6-5-1-3-7-4-2-5/h1-32H;1-14H;1-4H,(H2,6,7)/b;13-11-,14-12+;. The first-order chi connectivity index (χ1) is 35.1. The molecule has 0 aliphatic carbocycles. The van der Waals surface area contributed by atoms with Gasteiger partial charge in [0.2, 0.25) is 0 Å². The summed E-state index contributed by atoms with van der Waals surface area (Å²) < 4.78 is 0. The highest BCUT2D eigenvalue weighted by Crippen LogP contribution is 2.45. The van der Waals surface area contributed by atoms with Gasteiger partial charge in [0.05, 0.1) is 0 Å². The second-order valence-corrected chi connectivity index (χ2v) is 20.9. The van der Waals surface area contributed by atoms with Crippen molar-refractivity contribution >= 4 is 92.8 Å². The quantitative estimate of drug-likeness (QED) is 0.104. The fourth-order valence-corrected chi connectivity index (χ4v) is 13.4. The van der Waals surface area contributed by atoms with Gasteiger partial charge in [0.1, 0.15) is 0 Å². The fraction of sp³-hybridized carbons (Fsp3) is 0. The van der Waals surface area contributed by atoms with Crippen molar-refractivity contribution in [1.29, 1.82) is 0 Å². The summed E-state index contributed by atoms with van der Waals surface area (Å²) in [6.07, 6.45) is 10.1. The summed E-state index contributed by atoms with van der Waals surface area (Å²) in [5.41, 5.74) is 10.8. The van der Waals surface area contributed by atoms with E-state index in [1.165, 1.54) is 64.5 Å². The molecule has 0 fully saturated rings. The molecule has 0 radical (unpaired) electrons. The van der Waals surface area contributed by atoms with Gasteiger partial charge in [-0.15, -0.1) is 0 Å². The number of anilines is 1. The summed E-state index contributed by atoms with van der Waals surface area (Å²) in [7, 11) is -1.70. The van der Waals surface area contributed by atoms with Crippen molar-refractivity contribution in [2.45, 2.75) is 0 Å². The van der Waals surface area contributed by atoms with Crippen LogP contribution in [0.5, 0.6) is 0 Å². The molecular formula is C66H52N2OP2. The molecule has 3 nitrogen and oxygen atoms in total. The molecule has 0 atom stereocenters. The van der Waals surface area contributed by atoms with E-state index in [2.05, 4.69) is 199 Å². The number of carbonyl (C=O) groups excluding carboxylic acids is 1. The Hall–Kier alpha value is -8.32. The number of nitrogen functional groups attached to an aromatic ring is 1. The van der Waals surface area contributed by atoms with Crippen LogP contribution in [0.15, 0.2) is 291 Å². The van der Waals surface area contributed by atoms with E-state index in [1.807, 2.05) is 72.8 Å². The number of nitrogens with zero attached hydrogens (tertiary/aromatic N) is 1. The van der Waals surface area contributed by atoms with Gasteiger partial charge in [-0.3, -0.25) is 9.78 Å². The maximum Gasteiger partial charge on any atom is 0.178 e. The van der Waals surface area contributed by atoms with Crippen LogP contribution in [-0.2, 0) is 4.79 Å². The highest BCUT2D eigenvalue weighted by Gasteiger charge is 2.28. The lowest BCUT2D eigenvalue weighted by atomic mass is 9.93. The first kappa shape index (κ1) is 47.7. The number of ketones is 1. The van der Waals surface area contributed by atoms with Crippen molar-refractivity contribution in [1.82, 2.24) is 4.98 Å². The van der Waals surface area contributed by atoms with Crippen LogP contribution in [0, 0.1) is 0 Å². The van der Waals surface area contributed by atoms with Gasteiger partial charge in [0, 0.05) is 18.1 Å². The number of carbonyl (C=O) groups is 1. The topological polar surface area (TPSA) is 56.0 Å².